The van der Waals surface area contributed by atoms with Crippen molar-refractivity contribution >= 4 is 63.6 Å². The van der Waals surface area contributed by atoms with E-state index in [0.717, 1.165) is 26.8 Å². The van der Waals surface area contributed by atoms with Crippen molar-refractivity contribution in [1.29, 1.82) is 0 Å². The van der Waals surface area contributed by atoms with Crippen molar-refractivity contribution in [2.24, 2.45) is 0 Å². The molecule has 1 N–H and O–H groups in total. The number of halogens is 2. The zero-order valence-electron chi connectivity index (χ0n) is 21.7. The van der Waals surface area contributed by atoms with Gasteiger partial charge in [-0.05, 0) is 72.2 Å². The first-order valence-corrected chi connectivity index (χ1v) is 13.3. The second-order valence-corrected chi connectivity index (χ2v) is 9.92. The molecule has 40 heavy (non-hydrogen) atoms. The van der Waals surface area contributed by atoms with Crippen molar-refractivity contribution in [2.75, 3.05) is 11.5 Å². The van der Waals surface area contributed by atoms with Gasteiger partial charge in [0.1, 0.15) is 12.2 Å². The van der Waals surface area contributed by atoms with Crippen LogP contribution in [0.2, 0.25) is 10.0 Å². The Morgan fingerprint density at radius 3 is 2.50 bits per heavy atom. The maximum absolute atomic E-state index is 13.3. The highest BCUT2D eigenvalue weighted by Gasteiger charge is 2.37. The quantitative estimate of drug-likeness (QED) is 0.188. The van der Waals surface area contributed by atoms with Crippen LogP contribution >= 0.6 is 23.2 Å². The summed E-state index contributed by atoms with van der Waals surface area (Å²) in [7, 11) is 0. The number of hydrogen-bond donors (Lipinski definition) is 1. The van der Waals surface area contributed by atoms with E-state index in [9.17, 15) is 14.4 Å². The zero-order chi connectivity index (χ0) is 28.4. The second kappa shape index (κ2) is 11.4. The zero-order valence-corrected chi connectivity index (χ0v) is 23.2. The number of fused-ring (bicyclic) bond motifs is 1. The summed E-state index contributed by atoms with van der Waals surface area (Å²) >= 11 is 12.7. The van der Waals surface area contributed by atoms with Gasteiger partial charge >= 0.3 is 6.03 Å². The highest BCUT2D eigenvalue weighted by atomic mass is 35.5. The number of imide groups is 2. The molecule has 0 unspecified atom stereocenters. The van der Waals surface area contributed by atoms with Gasteiger partial charge in [-0.1, -0.05) is 65.7 Å². The number of amides is 4. The van der Waals surface area contributed by atoms with Gasteiger partial charge in [0.05, 0.1) is 17.3 Å². The Hall–Kier alpha value is -4.33. The van der Waals surface area contributed by atoms with Gasteiger partial charge in [0.15, 0.2) is 11.5 Å². The van der Waals surface area contributed by atoms with E-state index in [1.165, 1.54) is 12.1 Å². The number of nitrogens with zero attached hydrogens (tertiary/aromatic N) is 1. The summed E-state index contributed by atoms with van der Waals surface area (Å²) in [5.74, 6) is -0.926. The number of hydrogen-bond acceptors (Lipinski definition) is 5. The number of carbonyl (C=O) groups excluding carboxylic acids is 3. The standard InChI is InChI=1S/C31H24Cl2N2O5/c1-3-39-27-15-19(13-24-29(36)34-31(38)35(30(24)37)22-9-6-8-21(32)16-22)14-26(33)28(27)40-17-25-18(2)11-12-20-7-4-5-10-23(20)25/h4-16H,3,17H2,1-2H3,(H,34,36,38)/b24-13+. The molecule has 4 aromatic rings. The van der Waals surface area contributed by atoms with E-state index < -0.39 is 17.8 Å². The fourth-order valence-corrected chi connectivity index (χ4v) is 4.99. The van der Waals surface area contributed by atoms with Crippen molar-refractivity contribution in [3.63, 3.8) is 0 Å². The van der Waals surface area contributed by atoms with Gasteiger partial charge in [0.25, 0.3) is 11.8 Å². The van der Waals surface area contributed by atoms with E-state index in [-0.39, 0.29) is 22.9 Å². The summed E-state index contributed by atoms with van der Waals surface area (Å²) in [6.07, 6.45) is 1.36. The van der Waals surface area contributed by atoms with Crippen molar-refractivity contribution < 1.29 is 23.9 Å². The summed E-state index contributed by atoms with van der Waals surface area (Å²) in [5, 5.41) is 4.96. The Morgan fingerprint density at radius 1 is 0.925 bits per heavy atom. The van der Waals surface area contributed by atoms with Gasteiger partial charge in [-0.3, -0.25) is 14.9 Å². The van der Waals surface area contributed by atoms with Gasteiger partial charge in [0.2, 0.25) is 0 Å². The normalized spacial score (nSPS) is 14.6. The number of nitrogens with one attached hydrogen (secondary N) is 1. The smallest absolute Gasteiger partial charge is 0.335 e. The Bertz CT molecular complexity index is 1700. The highest BCUT2D eigenvalue weighted by Crippen LogP contribution is 2.39. The van der Waals surface area contributed by atoms with Crippen LogP contribution in [0.3, 0.4) is 0 Å². The summed E-state index contributed by atoms with van der Waals surface area (Å²) in [4.78, 5) is 39.3. The molecule has 0 saturated carbocycles. The molecule has 7 nitrogen and oxygen atoms in total. The molecule has 1 saturated heterocycles. The lowest BCUT2D eigenvalue weighted by Crippen LogP contribution is -2.54. The van der Waals surface area contributed by atoms with Crippen LogP contribution in [0.15, 0.2) is 78.4 Å². The number of anilines is 1. The third-order valence-electron chi connectivity index (χ3n) is 6.45. The lowest BCUT2D eigenvalue weighted by Gasteiger charge is -2.26. The van der Waals surface area contributed by atoms with E-state index in [0.29, 0.717) is 28.7 Å². The molecular formula is C31H24Cl2N2O5. The number of benzene rings is 4. The number of barbiturate groups is 1. The predicted octanol–water partition coefficient (Wildman–Crippen LogP) is 7.10. The monoisotopic (exact) mass is 574 g/mol. The fourth-order valence-electron chi connectivity index (χ4n) is 4.53. The van der Waals surface area contributed by atoms with Crippen LogP contribution in [-0.4, -0.2) is 24.5 Å². The van der Waals surface area contributed by atoms with Crippen LogP contribution in [0.25, 0.3) is 16.8 Å². The number of aryl methyl sites for hydroxylation is 1. The molecule has 1 heterocycles. The van der Waals surface area contributed by atoms with E-state index in [2.05, 4.69) is 11.4 Å². The molecule has 202 valence electrons. The summed E-state index contributed by atoms with van der Waals surface area (Å²) < 4.78 is 12.0. The van der Waals surface area contributed by atoms with Crippen molar-refractivity contribution in [3.05, 3.63) is 105 Å². The minimum absolute atomic E-state index is 0.230. The predicted molar refractivity (Wildman–Crippen MR) is 156 cm³/mol. The molecule has 1 aliphatic heterocycles. The van der Waals surface area contributed by atoms with Gasteiger partial charge in [-0.2, -0.15) is 0 Å². The first kappa shape index (κ1) is 27.2. The molecule has 0 bridgehead atoms. The van der Waals surface area contributed by atoms with Gasteiger partial charge in [-0.15, -0.1) is 0 Å². The van der Waals surface area contributed by atoms with Gasteiger partial charge in [0, 0.05) is 10.6 Å². The number of urea groups is 1. The third-order valence-corrected chi connectivity index (χ3v) is 6.96. The van der Waals surface area contributed by atoms with E-state index in [1.54, 1.807) is 30.3 Å². The molecule has 0 aromatic heterocycles. The minimum Gasteiger partial charge on any atom is -0.490 e. The van der Waals surface area contributed by atoms with Crippen molar-refractivity contribution in [2.45, 2.75) is 20.5 Å². The Kier molecular flexibility index (Phi) is 7.78. The van der Waals surface area contributed by atoms with E-state index in [4.69, 9.17) is 32.7 Å². The van der Waals surface area contributed by atoms with Crippen LogP contribution in [-0.2, 0) is 16.2 Å². The molecule has 9 heteroatoms. The number of carbonyl (C=O) groups is 3. The fraction of sp³-hybridized carbons (Fsp3) is 0.129. The average Bonchev–Trinajstić information content (AvgIpc) is 2.91. The lowest BCUT2D eigenvalue weighted by atomic mass is 10.0. The third kappa shape index (κ3) is 5.39. The molecule has 0 radical (unpaired) electrons. The maximum atomic E-state index is 13.3. The lowest BCUT2D eigenvalue weighted by molar-refractivity contribution is -0.122. The molecule has 1 fully saturated rings. The van der Waals surface area contributed by atoms with Crippen LogP contribution in [0.4, 0.5) is 10.5 Å². The number of ether oxygens (including phenoxy) is 2. The molecule has 4 aromatic carbocycles. The van der Waals surface area contributed by atoms with Gasteiger partial charge in [-0.25, -0.2) is 9.69 Å². The first-order valence-electron chi connectivity index (χ1n) is 12.5. The molecular weight excluding hydrogens is 551 g/mol. The van der Waals surface area contributed by atoms with Crippen LogP contribution < -0.4 is 19.7 Å². The molecule has 1 aliphatic rings. The van der Waals surface area contributed by atoms with E-state index in [1.807, 2.05) is 44.2 Å². The molecule has 0 spiro atoms. The molecule has 0 aliphatic carbocycles. The topological polar surface area (TPSA) is 84.9 Å². The molecule has 5 rings (SSSR count). The first-order chi connectivity index (χ1) is 19.3. The van der Waals surface area contributed by atoms with Crippen LogP contribution in [0.5, 0.6) is 11.5 Å². The van der Waals surface area contributed by atoms with Crippen molar-refractivity contribution in [1.82, 2.24) is 5.32 Å². The van der Waals surface area contributed by atoms with Gasteiger partial charge < -0.3 is 9.47 Å². The molecule has 0 atom stereocenters. The summed E-state index contributed by atoms with van der Waals surface area (Å²) in [6, 6.07) is 20.7. The van der Waals surface area contributed by atoms with Crippen LogP contribution in [0, 0.1) is 6.92 Å². The Labute approximate surface area is 240 Å². The maximum Gasteiger partial charge on any atom is 0.335 e. The molecule has 4 amide bonds. The largest absolute Gasteiger partial charge is 0.490 e. The minimum atomic E-state index is -0.866. The van der Waals surface area contributed by atoms with E-state index >= 15 is 0 Å². The number of rotatable bonds is 7. The highest BCUT2D eigenvalue weighted by molar-refractivity contribution is 6.39. The Morgan fingerprint density at radius 2 is 1.73 bits per heavy atom. The SMILES string of the molecule is CCOc1cc(/C=C2\C(=O)NC(=O)N(c3cccc(Cl)c3)C2=O)cc(Cl)c1OCc1c(C)ccc2ccccc12. The summed E-state index contributed by atoms with van der Waals surface area (Å²) in [6.45, 7) is 4.43. The average molecular weight is 575 g/mol. The van der Waals surface area contributed by atoms with Crippen molar-refractivity contribution in [3.8, 4) is 11.5 Å². The Balaban J connectivity index is 1.48. The second-order valence-electron chi connectivity index (χ2n) is 9.07. The summed E-state index contributed by atoms with van der Waals surface area (Å²) in [5.41, 5.74) is 2.50. The van der Waals surface area contributed by atoms with Crippen LogP contribution in [0.1, 0.15) is 23.6 Å².